The SMILES string of the molecule is CC[C@@H]1CCCCN1C(=O)COC(=O)c1nn(CC(C)C)c(=O)c2ccccc12. The molecule has 1 atom stereocenters. The van der Waals surface area contributed by atoms with Crippen LogP contribution in [0.1, 0.15) is 56.9 Å². The molecule has 156 valence electrons. The Morgan fingerprint density at radius 3 is 2.62 bits per heavy atom. The van der Waals surface area contributed by atoms with Crippen LogP contribution in [0.4, 0.5) is 0 Å². The number of piperidine rings is 1. The second-order valence-electron chi connectivity index (χ2n) is 8.00. The number of fused-ring (bicyclic) bond motifs is 1. The number of esters is 1. The molecule has 0 aliphatic carbocycles. The van der Waals surface area contributed by atoms with E-state index in [2.05, 4.69) is 12.0 Å². The summed E-state index contributed by atoms with van der Waals surface area (Å²) in [5.41, 5.74) is -0.166. The summed E-state index contributed by atoms with van der Waals surface area (Å²) in [4.78, 5) is 39.9. The Kier molecular flexibility index (Phi) is 6.67. The van der Waals surface area contributed by atoms with Crippen LogP contribution in [0.25, 0.3) is 10.8 Å². The Morgan fingerprint density at radius 1 is 1.21 bits per heavy atom. The quantitative estimate of drug-likeness (QED) is 0.698. The van der Waals surface area contributed by atoms with Crippen molar-refractivity contribution in [2.75, 3.05) is 13.2 Å². The van der Waals surface area contributed by atoms with Gasteiger partial charge in [-0.25, -0.2) is 9.48 Å². The number of hydrogen-bond acceptors (Lipinski definition) is 5. The van der Waals surface area contributed by atoms with Gasteiger partial charge in [-0.2, -0.15) is 5.10 Å². The van der Waals surface area contributed by atoms with Crippen molar-refractivity contribution in [3.63, 3.8) is 0 Å². The first-order chi connectivity index (χ1) is 13.9. The number of carbonyl (C=O) groups excluding carboxylic acids is 2. The molecule has 2 heterocycles. The van der Waals surface area contributed by atoms with Crippen molar-refractivity contribution < 1.29 is 14.3 Å². The van der Waals surface area contributed by atoms with Crippen LogP contribution in [-0.4, -0.2) is 45.8 Å². The molecule has 0 spiro atoms. The van der Waals surface area contributed by atoms with Crippen LogP contribution in [0, 0.1) is 5.92 Å². The van der Waals surface area contributed by atoms with E-state index in [1.54, 1.807) is 24.3 Å². The summed E-state index contributed by atoms with van der Waals surface area (Å²) in [6.45, 7) is 6.81. The molecule has 1 saturated heterocycles. The number of likely N-dealkylation sites (tertiary alicyclic amines) is 1. The molecule has 3 rings (SSSR count). The van der Waals surface area contributed by atoms with Gasteiger partial charge in [0, 0.05) is 24.5 Å². The molecule has 1 aliphatic heterocycles. The van der Waals surface area contributed by atoms with E-state index in [9.17, 15) is 14.4 Å². The molecule has 2 aromatic rings. The van der Waals surface area contributed by atoms with Crippen LogP contribution in [-0.2, 0) is 16.1 Å². The average molecular weight is 399 g/mol. The molecular formula is C22H29N3O4. The normalized spacial score (nSPS) is 17.0. The second-order valence-corrected chi connectivity index (χ2v) is 8.00. The van der Waals surface area contributed by atoms with Gasteiger partial charge in [0.15, 0.2) is 12.3 Å². The molecule has 7 heteroatoms. The largest absolute Gasteiger partial charge is 0.451 e. The maximum absolute atomic E-state index is 12.8. The van der Waals surface area contributed by atoms with E-state index in [-0.39, 0.29) is 35.7 Å². The fourth-order valence-electron chi connectivity index (χ4n) is 3.89. The first-order valence-electron chi connectivity index (χ1n) is 10.4. The maximum atomic E-state index is 12.8. The third-order valence-corrected chi connectivity index (χ3v) is 5.34. The number of benzene rings is 1. The van der Waals surface area contributed by atoms with E-state index >= 15 is 0 Å². The molecule has 0 N–H and O–H groups in total. The van der Waals surface area contributed by atoms with Crippen molar-refractivity contribution in [2.24, 2.45) is 5.92 Å². The monoisotopic (exact) mass is 399 g/mol. The Morgan fingerprint density at radius 2 is 1.93 bits per heavy atom. The van der Waals surface area contributed by atoms with Gasteiger partial charge in [0.25, 0.3) is 11.5 Å². The predicted molar refractivity (Wildman–Crippen MR) is 111 cm³/mol. The first kappa shape index (κ1) is 21.0. The van der Waals surface area contributed by atoms with Crippen molar-refractivity contribution in [2.45, 2.75) is 59.0 Å². The summed E-state index contributed by atoms with van der Waals surface area (Å²) in [6, 6.07) is 7.07. The van der Waals surface area contributed by atoms with E-state index in [4.69, 9.17) is 4.74 Å². The van der Waals surface area contributed by atoms with Gasteiger partial charge in [0.1, 0.15) is 0 Å². The smallest absolute Gasteiger partial charge is 0.359 e. The lowest BCUT2D eigenvalue weighted by Gasteiger charge is -2.35. The fourth-order valence-corrected chi connectivity index (χ4v) is 3.89. The minimum atomic E-state index is -0.683. The van der Waals surface area contributed by atoms with Gasteiger partial charge in [-0.3, -0.25) is 9.59 Å². The molecule has 29 heavy (non-hydrogen) atoms. The van der Waals surface area contributed by atoms with Crippen molar-refractivity contribution in [3.05, 3.63) is 40.3 Å². The number of nitrogens with zero attached hydrogens (tertiary/aromatic N) is 3. The number of rotatable bonds is 6. The van der Waals surface area contributed by atoms with Gasteiger partial charge in [-0.15, -0.1) is 0 Å². The number of ether oxygens (including phenoxy) is 1. The summed E-state index contributed by atoms with van der Waals surface area (Å²) in [7, 11) is 0. The van der Waals surface area contributed by atoms with E-state index in [1.165, 1.54) is 4.68 Å². The van der Waals surface area contributed by atoms with Crippen molar-refractivity contribution in [3.8, 4) is 0 Å². The number of hydrogen-bond donors (Lipinski definition) is 0. The van der Waals surface area contributed by atoms with Crippen molar-refractivity contribution in [1.29, 1.82) is 0 Å². The summed E-state index contributed by atoms with van der Waals surface area (Å²) in [6.07, 6.45) is 3.98. The third-order valence-electron chi connectivity index (χ3n) is 5.34. The van der Waals surface area contributed by atoms with E-state index < -0.39 is 5.97 Å². The van der Waals surface area contributed by atoms with Gasteiger partial charge in [0.2, 0.25) is 0 Å². The Balaban J connectivity index is 1.82. The molecule has 0 saturated carbocycles. The number of aromatic nitrogens is 2. The third kappa shape index (κ3) is 4.66. The van der Waals surface area contributed by atoms with E-state index in [1.807, 2.05) is 18.7 Å². The zero-order valence-electron chi connectivity index (χ0n) is 17.4. The molecule has 1 aliphatic rings. The van der Waals surface area contributed by atoms with E-state index in [0.29, 0.717) is 23.9 Å². The topological polar surface area (TPSA) is 81.5 Å². The van der Waals surface area contributed by atoms with Crippen molar-refractivity contribution >= 4 is 22.6 Å². The van der Waals surface area contributed by atoms with Crippen LogP contribution in [0.3, 0.4) is 0 Å². The molecule has 0 radical (unpaired) electrons. The molecule has 1 fully saturated rings. The molecule has 0 unspecified atom stereocenters. The summed E-state index contributed by atoms with van der Waals surface area (Å²) in [5, 5.41) is 5.13. The average Bonchev–Trinajstić information content (AvgIpc) is 2.73. The van der Waals surface area contributed by atoms with Crippen LogP contribution < -0.4 is 5.56 Å². The number of amides is 1. The van der Waals surface area contributed by atoms with Crippen LogP contribution in [0.15, 0.2) is 29.1 Å². The molecular weight excluding hydrogens is 370 g/mol. The second kappa shape index (κ2) is 9.20. The molecule has 0 bridgehead atoms. The minimum absolute atomic E-state index is 0.0688. The highest BCUT2D eigenvalue weighted by atomic mass is 16.5. The van der Waals surface area contributed by atoms with Crippen LogP contribution >= 0.6 is 0 Å². The molecule has 7 nitrogen and oxygen atoms in total. The van der Waals surface area contributed by atoms with Gasteiger partial charge in [0.05, 0.1) is 5.39 Å². The summed E-state index contributed by atoms with van der Waals surface area (Å²) >= 11 is 0. The van der Waals surface area contributed by atoms with E-state index in [0.717, 1.165) is 25.7 Å². The van der Waals surface area contributed by atoms with Crippen molar-refractivity contribution in [1.82, 2.24) is 14.7 Å². The molecule has 1 amide bonds. The maximum Gasteiger partial charge on any atom is 0.359 e. The van der Waals surface area contributed by atoms with Crippen LogP contribution in [0.5, 0.6) is 0 Å². The van der Waals surface area contributed by atoms with Gasteiger partial charge in [-0.1, -0.05) is 39.0 Å². The Bertz CT molecular complexity index is 951. The Hall–Kier alpha value is -2.70. The first-order valence-corrected chi connectivity index (χ1v) is 10.4. The van der Waals surface area contributed by atoms with Gasteiger partial charge >= 0.3 is 5.97 Å². The van der Waals surface area contributed by atoms with Gasteiger partial charge < -0.3 is 9.64 Å². The molecule has 1 aromatic heterocycles. The fraction of sp³-hybridized carbons (Fsp3) is 0.545. The highest BCUT2D eigenvalue weighted by Gasteiger charge is 2.27. The summed E-state index contributed by atoms with van der Waals surface area (Å²) in [5.74, 6) is -0.668. The lowest BCUT2D eigenvalue weighted by molar-refractivity contribution is -0.138. The highest BCUT2D eigenvalue weighted by Crippen LogP contribution is 2.20. The lowest BCUT2D eigenvalue weighted by atomic mass is 10.00. The van der Waals surface area contributed by atoms with Gasteiger partial charge in [-0.05, 0) is 37.7 Å². The number of carbonyl (C=O) groups is 2. The highest BCUT2D eigenvalue weighted by molar-refractivity contribution is 6.02. The standard InChI is InChI=1S/C22H29N3O4/c1-4-16-9-7-8-12-24(16)19(26)14-29-22(28)20-17-10-5-6-11-18(17)21(27)25(23-20)13-15(2)3/h5-6,10-11,15-16H,4,7-9,12-14H2,1-3H3/t16-/m1/s1. The molecule has 1 aromatic carbocycles. The Labute approximate surface area is 170 Å². The zero-order chi connectivity index (χ0) is 21.0. The lowest BCUT2D eigenvalue weighted by Crippen LogP contribution is -2.45. The summed E-state index contributed by atoms with van der Waals surface area (Å²) < 4.78 is 6.64. The van der Waals surface area contributed by atoms with Crippen LogP contribution in [0.2, 0.25) is 0 Å². The minimum Gasteiger partial charge on any atom is -0.451 e. The zero-order valence-corrected chi connectivity index (χ0v) is 17.4. The predicted octanol–water partition coefficient (Wildman–Crippen LogP) is 3.00.